The van der Waals surface area contributed by atoms with E-state index in [1.807, 2.05) is 18.2 Å². The molecule has 1 rings (SSSR count). The molecule has 0 atom stereocenters. The minimum Gasteiger partial charge on any atom is -0.228 e. The highest BCUT2D eigenvalue weighted by Gasteiger charge is 2.35. The Morgan fingerprint density at radius 1 is 1.00 bits per heavy atom. The molecule has 1 aromatic carbocycles. The SMILES string of the molecule is CC(C)(C)S(=O)(=O)CCC(CBr)(CBr)c1ccccc1. The highest BCUT2D eigenvalue weighted by Crippen LogP contribution is 2.34. The summed E-state index contributed by atoms with van der Waals surface area (Å²) in [6, 6.07) is 10.1. The molecule has 5 heteroatoms. The Kier molecular flexibility index (Phi) is 6.30. The predicted molar refractivity (Wildman–Crippen MR) is 93.9 cm³/mol. The van der Waals surface area contributed by atoms with Gasteiger partial charge in [0.1, 0.15) is 0 Å². The summed E-state index contributed by atoms with van der Waals surface area (Å²) in [5.41, 5.74) is 0.970. The van der Waals surface area contributed by atoms with E-state index in [0.717, 1.165) is 16.2 Å². The van der Waals surface area contributed by atoms with Crippen molar-refractivity contribution in [3.8, 4) is 0 Å². The lowest BCUT2D eigenvalue weighted by atomic mass is 9.82. The Balaban J connectivity index is 3.01. The van der Waals surface area contributed by atoms with Crippen molar-refractivity contribution in [1.29, 1.82) is 0 Å². The highest BCUT2D eigenvalue weighted by atomic mass is 79.9. The molecular formula is C15H22Br2O2S. The second-order valence-electron chi connectivity index (χ2n) is 6.09. The van der Waals surface area contributed by atoms with Crippen molar-refractivity contribution in [3.05, 3.63) is 35.9 Å². The van der Waals surface area contributed by atoms with Gasteiger partial charge in [-0.25, -0.2) is 8.42 Å². The molecule has 20 heavy (non-hydrogen) atoms. The second-order valence-corrected chi connectivity index (χ2v) is 10.1. The van der Waals surface area contributed by atoms with E-state index >= 15 is 0 Å². The number of alkyl halides is 2. The molecule has 0 bridgehead atoms. The van der Waals surface area contributed by atoms with Gasteiger partial charge in [-0.3, -0.25) is 0 Å². The second kappa shape index (κ2) is 6.93. The fourth-order valence-corrected chi connectivity index (χ4v) is 5.30. The molecule has 0 aliphatic carbocycles. The Labute approximate surface area is 139 Å². The molecule has 0 saturated carbocycles. The van der Waals surface area contributed by atoms with E-state index < -0.39 is 14.6 Å². The third kappa shape index (κ3) is 4.08. The molecule has 0 heterocycles. The van der Waals surface area contributed by atoms with Gasteiger partial charge >= 0.3 is 0 Å². The lowest BCUT2D eigenvalue weighted by molar-refractivity contribution is 0.511. The Bertz CT molecular complexity index is 515. The number of hydrogen-bond donors (Lipinski definition) is 0. The molecule has 0 aliphatic heterocycles. The fraction of sp³-hybridized carbons (Fsp3) is 0.600. The summed E-state index contributed by atoms with van der Waals surface area (Å²) in [6.45, 7) is 5.28. The van der Waals surface area contributed by atoms with E-state index in [1.54, 1.807) is 20.8 Å². The van der Waals surface area contributed by atoms with Crippen LogP contribution in [0.1, 0.15) is 32.8 Å². The number of benzene rings is 1. The van der Waals surface area contributed by atoms with Gasteiger partial charge in [0.05, 0.1) is 10.5 Å². The van der Waals surface area contributed by atoms with Gasteiger partial charge in [0, 0.05) is 16.1 Å². The van der Waals surface area contributed by atoms with Gasteiger partial charge in [-0.15, -0.1) is 0 Å². The minimum atomic E-state index is -3.10. The van der Waals surface area contributed by atoms with Gasteiger partial charge in [-0.2, -0.15) is 0 Å². The van der Waals surface area contributed by atoms with E-state index in [2.05, 4.69) is 44.0 Å². The van der Waals surface area contributed by atoms with E-state index in [0.29, 0.717) is 6.42 Å². The molecular weight excluding hydrogens is 404 g/mol. The van der Waals surface area contributed by atoms with Crippen LogP contribution in [0.3, 0.4) is 0 Å². The molecule has 0 aliphatic rings. The maximum Gasteiger partial charge on any atom is 0.155 e. The molecule has 0 spiro atoms. The zero-order valence-electron chi connectivity index (χ0n) is 12.2. The van der Waals surface area contributed by atoms with Crippen molar-refractivity contribution >= 4 is 41.7 Å². The quantitative estimate of drug-likeness (QED) is 0.636. The fourth-order valence-electron chi connectivity index (χ4n) is 1.90. The summed E-state index contributed by atoms with van der Waals surface area (Å²) in [5.74, 6) is 0.197. The largest absolute Gasteiger partial charge is 0.228 e. The minimum absolute atomic E-state index is 0.195. The smallest absolute Gasteiger partial charge is 0.155 e. The van der Waals surface area contributed by atoms with Gasteiger partial charge in [0.15, 0.2) is 9.84 Å². The van der Waals surface area contributed by atoms with E-state index in [1.165, 1.54) is 0 Å². The summed E-state index contributed by atoms with van der Waals surface area (Å²) < 4.78 is 24.0. The monoisotopic (exact) mass is 424 g/mol. The van der Waals surface area contributed by atoms with Crippen molar-refractivity contribution in [2.75, 3.05) is 16.4 Å². The number of rotatable bonds is 6. The molecule has 0 unspecified atom stereocenters. The normalized spacial score (nSPS) is 13.4. The maximum atomic E-state index is 12.3. The maximum absolute atomic E-state index is 12.3. The van der Waals surface area contributed by atoms with Crippen LogP contribution in [0.5, 0.6) is 0 Å². The summed E-state index contributed by atoms with van der Waals surface area (Å²) in [7, 11) is -3.10. The lowest BCUT2D eigenvalue weighted by Crippen LogP contribution is -2.37. The molecule has 0 aromatic heterocycles. The van der Waals surface area contributed by atoms with Crippen molar-refractivity contribution < 1.29 is 8.42 Å². The third-order valence-corrected chi connectivity index (χ3v) is 8.43. The van der Waals surface area contributed by atoms with Crippen LogP contribution in [0.4, 0.5) is 0 Å². The molecule has 1 aromatic rings. The van der Waals surface area contributed by atoms with Crippen molar-refractivity contribution in [2.24, 2.45) is 0 Å². The van der Waals surface area contributed by atoms with Gasteiger partial charge in [-0.1, -0.05) is 62.2 Å². The average molecular weight is 426 g/mol. The third-order valence-electron chi connectivity index (χ3n) is 3.68. The van der Waals surface area contributed by atoms with Crippen molar-refractivity contribution in [1.82, 2.24) is 0 Å². The molecule has 2 nitrogen and oxygen atoms in total. The van der Waals surface area contributed by atoms with Crippen molar-refractivity contribution in [2.45, 2.75) is 37.4 Å². The molecule has 0 amide bonds. The van der Waals surface area contributed by atoms with Crippen LogP contribution in [-0.4, -0.2) is 29.6 Å². The Morgan fingerprint density at radius 2 is 1.50 bits per heavy atom. The summed E-state index contributed by atoms with van der Waals surface area (Å²) in [6.07, 6.45) is 0.604. The first kappa shape index (κ1) is 18.2. The van der Waals surface area contributed by atoms with Crippen LogP contribution in [0.15, 0.2) is 30.3 Å². The van der Waals surface area contributed by atoms with Gasteiger partial charge in [0.25, 0.3) is 0 Å². The van der Waals surface area contributed by atoms with Crippen LogP contribution in [-0.2, 0) is 15.3 Å². The van der Waals surface area contributed by atoms with Crippen LogP contribution in [0.2, 0.25) is 0 Å². The molecule has 0 N–H and O–H groups in total. The van der Waals surface area contributed by atoms with E-state index in [4.69, 9.17) is 0 Å². The summed E-state index contributed by atoms with van der Waals surface area (Å²) in [5, 5.41) is 1.46. The zero-order valence-corrected chi connectivity index (χ0v) is 16.2. The van der Waals surface area contributed by atoms with Crippen LogP contribution < -0.4 is 0 Å². The topological polar surface area (TPSA) is 34.1 Å². The zero-order chi connectivity index (χ0) is 15.4. The van der Waals surface area contributed by atoms with Crippen molar-refractivity contribution in [3.63, 3.8) is 0 Å². The molecule has 0 radical (unpaired) electrons. The average Bonchev–Trinajstić information content (AvgIpc) is 2.40. The van der Waals surface area contributed by atoms with Gasteiger partial charge in [0.2, 0.25) is 0 Å². The summed E-state index contributed by atoms with van der Waals surface area (Å²) >= 11 is 7.13. The van der Waals surface area contributed by atoms with E-state index in [9.17, 15) is 8.42 Å². The predicted octanol–water partition coefficient (Wildman–Crippen LogP) is 4.32. The summed E-state index contributed by atoms with van der Waals surface area (Å²) in [4.78, 5) is 0. The van der Waals surface area contributed by atoms with Crippen LogP contribution in [0, 0.1) is 0 Å². The molecule has 0 saturated heterocycles. The number of sulfone groups is 1. The number of hydrogen-bond acceptors (Lipinski definition) is 2. The number of halogens is 2. The molecule has 114 valence electrons. The van der Waals surface area contributed by atoms with E-state index in [-0.39, 0.29) is 11.2 Å². The van der Waals surface area contributed by atoms with Crippen LogP contribution >= 0.6 is 31.9 Å². The standard InChI is InChI=1S/C15H22Br2O2S/c1-14(2,3)20(18,19)10-9-15(11-16,12-17)13-7-5-4-6-8-13/h4-8H,9-12H2,1-3H3. The lowest BCUT2D eigenvalue weighted by Gasteiger charge is -2.32. The van der Waals surface area contributed by atoms with Crippen LogP contribution in [0.25, 0.3) is 0 Å². The van der Waals surface area contributed by atoms with Gasteiger partial charge < -0.3 is 0 Å². The highest BCUT2D eigenvalue weighted by molar-refractivity contribution is 9.09. The first-order valence-electron chi connectivity index (χ1n) is 6.58. The Hall–Kier alpha value is 0.130. The molecule has 0 fully saturated rings. The van der Waals surface area contributed by atoms with Gasteiger partial charge in [-0.05, 0) is 32.8 Å². The first-order chi connectivity index (χ1) is 9.18. The first-order valence-corrected chi connectivity index (χ1v) is 10.5. The Morgan fingerprint density at radius 3 is 1.90 bits per heavy atom.